The number of hydrogen-bond acceptors (Lipinski definition) is 2. The zero-order chi connectivity index (χ0) is 7.56. The van der Waals surface area contributed by atoms with Crippen LogP contribution in [-0.4, -0.2) is 41.8 Å². The number of urea groups is 1. The Balaban J connectivity index is 2.33. The molecule has 1 aliphatic heterocycles. The average Bonchev–Trinajstić information content (AvgIpc) is 2.15. The van der Waals surface area contributed by atoms with E-state index in [0.717, 1.165) is 0 Å². The number of aliphatic hydroxyl groups excluding tert-OH is 1. The zero-order valence-corrected chi connectivity index (χ0v) is 6.00. The number of β-amino-alcohol motifs (C(OH)–C–C–N with tert-alkyl or cyclic N) is 1. The van der Waals surface area contributed by atoms with Crippen molar-refractivity contribution >= 4 is 6.03 Å². The number of nitrogens with one attached hydrogen (secondary N) is 1. The van der Waals surface area contributed by atoms with Crippen LogP contribution in [0.3, 0.4) is 0 Å². The number of hydrogen-bond donors (Lipinski definition) is 2. The fourth-order valence-corrected chi connectivity index (χ4v) is 1.00. The van der Waals surface area contributed by atoms with Gasteiger partial charge in [0, 0.05) is 19.6 Å². The molecule has 2 amide bonds. The van der Waals surface area contributed by atoms with Gasteiger partial charge >= 0.3 is 6.03 Å². The van der Waals surface area contributed by atoms with Crippen LogP contribution in [0.5, 0.6) is 0 Å². The standard InChI is InChI=1S/C6H12N2O2/c1-5(9)4-8-3-2-7-6(8)10/h5,9H,2-4H2,1H3,(H,7,10). The molecule has 2 N–H and O–H groups in total. The van der Waals surface area contributed by atoms with Crippen LogP contribution in [0, 0.1) is 0 Å². The minimum absolute atomic E-state index is 0.0686. The number of carbonyl (C=O) groups excluding carboxylic acids is 1. The molecule has 10 heavy (non-hydrogen) atoms. The van der Waals surface area contributed by atoms with Gasteiger partial charge in [-0.25, -0.2) is 4.79 Å². The van der Waals surface area contributed by atoms with Gasteiger partial charge in [-0.1, -0.05) is 0 Å². The third-order valence-corrected chi connectivity index (χ3v) is 1.43. The molecule has 58 valence electrons. The van der Waals surface area contributed by atoms with Gasteiger partial charge in [0.15, 0.2) is 0 Å². The second kappa shape index (κ2) is 2.88. The van der Waals surface area contributed by atoms with Crippen molar-refractivity contribution in [2.45, 2.75) is 13.0 Å². The van der Waals surface area contributed by atoms with Crippen molar-refractivity contribution in [1.82, 2.24) is 10.2 Å². The Morgan fingerprint density at radius 3 is 3.00 bits per heavy atom. The Labute approximate surface area is 59.8 Å². The maximum Gasteiger partial charge on any atom is 0.317 e. The van der Waals surface area contributed by atoms with Gasteiger partial charge in [-0.2, -0.15) is 0 Å². The van der Waals surface area contributed by atoms with E-state index in [4.69, 9.17) is 5.11 Å². The van der Waals surface area contributed by atoms with E-state index in [2.05, 4.69) is 5.32 Å². The minimum Gasteiger partial charge on any atom is -0.392 e. The molecule has 0 bridgehead atoms. The Morgan fingerprint density at radius 2 is 2.60 bits per heavy atom. The first kappa shape index (κ1) is 7.34. The summed E-state index contributed by atoms with van der Waals surface area (Å²) in [4.78, 5) is 12.4. The molecule has 1 aliphatic rings. The summed E-state index contributed by atoms with van der Waals surface area (Å²) in [6, 6.07) is -0.0686. The first-order valence-corrected chi connectivity index (χ1v) is 3.41. The monoisotopic (exact) mass is 144 g/mol. The summed E-state index contributed by atoms with van der Waals surface area (Å²) in [7, 11) is 0. The summed E-state index contributed by atoms with van der Waals surface area (Å²) in [6.45, 7) is 3.52. The molecule has 4 nitrogen and oxygen atoms in total. The molecule has 0 radical (unpaired) electrons. The van der Waals surface area contributed by atoms with Crippen molar-refractivity contribution in [3.05, 3.63) is 0 Å². The van der Waals surface area contributed by atoms with E-state index >= 15 is 0 Å². The highest BCUT2D eigenvalue weighted by atomic mass is 16.3. The predicted molar refractivity (Wildman–Crippen MR) is 36.7 cm³/mol. The molecule has 0 aliphatic carbocycles. The number of carbonyl (C=O) groups is 1. The largest absolute Gasteiger partial charge is 0.392 e. The molecule has 0 aromatic heterocycles. The van der Waals surface area contributed by atoms with E-state index in [1.54, 1.807) is 11.8 Å². The van der Waals surface area contributed by atoms with Crippen LogP contribution < -0.4 is 5.32 Å². The quantitative estimate of drug-likeness (QED) is 0.543. The summed E-state index contributed by atoms with van der Waals surface area (Å²) in [5.74, 6) is 0. The van der Waals surface area contributed by atoms with E-state index in [-0.39, 0.29) is 6.03 Å². The van der Waals surface area contributed by atoms with Gasteiger partial charge < -0.3 is 15.3 Å². The summed E-state index contributed by atoms with van der Waals surface area (Å²) < 4.78 is 0. The zero-order valence-electron chi connectivity index (χ0n) is 6.00. The number of nitrogens with zero attached hydrogens (tertiary/aromatic N) is 1. The normalized spacial score (nSPS) is 21.0. The summed E-state index contributed by atoms with van der Waals surface area (Å²) >= 11 is 0. The van der Waals surface area contributed by atoms with Gasteiger partial charge in [-0.05, 0) is 6.92 Å². The molecule has 1 saturated heterocycles. The van der Waals surface area contributed by atoms with Crippen LogP contribution in [0.15, 0.2) is 0 Å². The van der Waals surface area contributed by atoms with Crippen molar-refractivity contribution in [3.63, 3.8) is 0 Å². The molecule has 1 rings (SSSR count). The molecule has 0 saturated carbocycles. The number of aliphatic hydroxyl groups is 1. The molecule has 0 aromatic carbocycles. The summed E-state index contributed by atoms with van der Waals surface area (Å²) in [5.41, 5.74) is 0. The molecular weight excluding hydrogens is 132 g/mol. The highest BCUT2D eigenvalue weighted by Gasteiger charge is 2.19. The van der Waals surface area contributed by atoms with Gasteiger partial charge in [0.05, 0.1) is 6.10 Å². The van der Waals surface area contributed by atoms with Gasteiger partial charge in [-0.3, -0.25) is 0 Å². The predicted octanol–water partition coefficient (Wildman–Crippen LogP) is -0.608. The lowest BCUT2D eigenvalue weighted by molar-refractivity contribution is 0.145. The second-order valence-corrected chi connectivity index (χ2v) is 2.53. The average molecular weight is 144 g/mol. The second-order valence-electron chi connectivity index (χ2n) is 2.53. The van der Waals surface area contributed by atoms with Crippen molar-refractivity contribution in [1.29, 1.82) is 0 Å². The van der Waals surface area contributed by atoms with Gasteiger partial charge in [0.25, 0.3) is 0 Å². The highest BCUT2D eigenvalue weighted by Crippen LogP contribution is 1.97. The van der Waals surface area contributed by atoms with Crippen LogP contribution in [0.1, 0.15) is 6.92 Å². The molecule has 4 heteroatoms. The third-order valence-electron chi connectivity index (χ3n) is 1.43. The van der Waals surface area contributed by atoms with Crippen LogP contribution in [-0.2, 0) is 0 Å². The molecular formula is C6H12N2O2. The van der Waals surface area contributed by atoms with Crippen molar-refractivity contribution in [2.75, 3.05) is 19.6 Å². The molecule has 1 unspecified atom stereocenters. The fourth-order valence-electron chi connectivity index (χ4n) is 1.00. The number of rotatable bonds is 2. The molecule has 1 fully saturated rings. The number of amides is 2. The smallest absolute Gasteiger partial charge is 0.317 e. The van der Waals surface area contributed by atoms with Crippen LogP contribution in [0.2, 0.25) is 0 Å². The fraction of sp³-hybridized carbons (Fsp3) is 0.833. The topological polar surface area (TPSA) is 52.6 Å². The molecule has 0 spiro atoms. The minimum atomic E-state index is -0.427. The molecule has 0 aromatic rings. The van der Waals surface area contributed by atoms with Gasteiger partial charge in [-0.15, -0.1) is 0 Å². The van der Waals surface area contributed by atoms with Gasteiger partial charge in [0.2, 0.25) is 0 Å². The summed E-state index contributed by atoms with van der Waals surface area (Å²) in [6.07, 6.45) is -0.427. The van der Waals surface area contributed by atoms with Crippen molar-refractivity contribution in [3.8, 4) is 0 Å². The van der Waals surface area contributed by atoms with E-state index in [0.29, 0.717) is 19.6 Å². The van der Waals surface area contributed by atoms with Crippen LogP contribution in [0.4, 0.5) is 4.79 Å². The Morgan fingerprint density at radius 1 is 1.90 bits per heavy atom. The van der Waals surface area contributed by atoms with E-state index in [9.17, 15) is 4.79 Å². The van der Waals surface area contributed by atoms with Crippen LogP contribution >= 0.6 is 0 Å². The van der Waals surface area contributed by atoms with Gasteiger partial charge in [0.1, 0.15) is 0 Å². The lowest BCUT2D eigenvalue weighted by atomic mass is 10.4. The van der Waals surface area contributed by atoms with Crippen molar-refractivity contribution < 1.29 is 9.90 Å². The first-order chi connectivity index (χ1) is 4.70. The maximum atomic E-state index is 10.8. The first-order valence-electron chi connectivity index (χ1n) is 3.41. The summed E-state index contributed by atoms with van der Waals surface area (Å²) in [5, 5.41) is 11.6. The third kappa shape index (κ3) is 1.60. The Bertz CT molecular complexity index is 136. The van der Waals surface area contributed by atoms with E-state index in [1.165, 1.54) is 0 Å². The molecule has 1 atom stereocenters. The lowest BCUT2D eigenvalue weighted by Crippen LogP contribution is -2.33. The van der Waals surface area contributed by atoms with Crippen LogP contribution in [0.25, 0.3) is 0 Å². The van der Waals surface area contributed by atoms with E-state index in [1.807, 2.05) is 0 Å². The Hall–Kier alpha value is -0.770. The lowest BCUT2D eigenvalue weighted by Gasteiger charge is -2.15. The highest BCUT2D eigenvalue weighted by molar-refractivity contribution is 5.76. The Kier molecular flexibility index (Phi) is 2.11. The SMILES string of the molecule is CC(O)CN1CCNC1=O. The van der Waals surface area contributed by atoms with E-state index < -0.39 is 6.10 Å². The van der Waals surface area contributed by atoms with Crippen molar-refractivity contribution in [2.24, 2.45) is 0 Å². The maximum absolute atomic E-state index is 10.8. The molecule has 1 heterocycles.